The molecule has 0 aromatic heterocycles. The van der Waals surface area contributed by atoms with E-state index >= 15 is 0 Å². The Morgan fingerprint density at radius 2 is 1.21 bits per heavy atom. The van der Waals surface area contributed by atoms with Crippen LogP contribution in [-0.2, 0) is 4.79 Å². The zero-order chi connectivity index (χ0) is 29.5. The van der Waals surface area contributed by atoms with E-state index in [1.807, 2.05) is 22.6 Å². The van der Waals surface area contributed by atoms with Crippen molar-refractivity contribution in [3.63, 3.8) is 0 Å². The van der Waals surface area contributed by atoms with Gasteiger partial charge in [-0.3, -0.25) is 19.5 Å². The van der Waals surface area contributed by atoms with Gasteiger partial charge in [-0.1, -0.05) is 6.58 Å². The van der Waals surface area contributed by atoms with E-state index in [0.717, 1.165) is 90.0 Å². The maximum atomic E-state index is 12.7. The van der Waals surface area contributed by atoms with E-state index in [1.54, 1.807) is 0 Å². The number of amides is 1. The van der Waals surface area contributed by atoms with Gasteiger partial charge in [0.05, 0.1) is 6.42 Å². The van der Waals surface area contributed by atoms with Gasteiger partial charge in [0.15, 0.2) is 0 Å². The van der Waals surface area contributed by atoms with Crippen molar-refractivity contribution in [2.24, 2.45) is 17.2 Å². The van der Waals surface area contributed by atoms with Crippen molar-refractivity contribution in [3.8, 4) is 0 Å². The second kappa shape index (κ2) is 25.2. The van der Waals surface area contributed by atoms with Gasteiger partial charge >= 0.3 is 0 Å². The first-order valence-corrected chi connectivity index (χ1v) is 15.7. The number of nitrogens with zero attached hydrogens (tertiary/aromatic N) is 6. The lowest BCUT2D eigenvalue weighted by molar-refractivity contribution is -0.130. The van der Waals surface area contributed by atoms with E-state index in [0.29, 0.717) is 39.1 Å². The van der Waals surface area contributed by atoms with Crippen molar-refractivity contribution >= 4 is 29.4 Å². The molecule has 13 heteroatoms. The fourth-order valence-electron chi connectivity index (χ4n) is 4.01. The van der Waals surface area contributed by atoms with E-state index in [9.17, 15) is 4.79 Å². The summed E-state index contributed by atoms with van der Waals surface area (Å²) in [6.07, 6.45) is 2.30. The first kappa shape index (κ1) is 38.5. The van der Waals surface area contributed by atoms with Crippen molar-refractivity contribution < 1.29 is 4.79 Å². The Bertz CT molecular complexity index is 619. The third-order valence-corrected chi connectivity index (χ3v) is 7.62. The Morgan fingerprint density at radius 1 is 0.744 bits per heavy atom. The molecule has 0 aliphatic rings. The highest BCUT2D eigenvalue weighted by Gasteiger charge is 2.17. The number of nitrogens with one attached hydrogen (secondary N) is 1. The van der Waals surface area contributed by atoms with Gasteiger partial charge in [-0.15, -0.1) is 11.8 Å². The predicted octanol–water partition coefficient (Wildman–Crippen LogP) is -0.899. The molecule has 0 bridgehead atoms. The van der Waals surface area contributed by atoms with E-state index in [4.69, 9.17) is 29.0 Å². The van der Waals surface area contributed by atoms with Crippen LogP contribution in [0.2, 0.25) is 0 Å². The molecule has 0 saturated carbocycles. The molecule has 0 radical (unpaired) electrons. The summed E-state index contributed by atoms with van der Waals surface area (Å²) >= 11 is 8.13. The average Bonchev–Trinajstić information content (AvgIpc) is 2.91. The van der Waals surface area contributed by atoms with Crippen LogP contribution in [0.5, 0.6) is 0 Å². The number of rotatable bonds is 27. The second-order valence-electron chi connectivity index (χ2n) is 10.0. The topological polar surface area (TPSA) is 127 Å². The van der Waals surface area contributed by atoms with Crippen molar-refractivity contribution in [1.82, 2.24) is 34.2 Å². The molecular formula is C26H59ClN10OS. The van der Waals surface area contributed by atoms with Gasteiger partial charge < -0.3 is 32.3 Å². The number of halogens is 1. The van der Waals surface area contributed by atoms with E-state index in [1.165, 1.54) is 11.8 Å². The zero-order valence-electron chi connectivity index (χ0n) is 25.3. The van der Waals surface area contributed by atoms with E-state index < -0.39 is 0 Å². The first-order chi connectivity index (χ1) is 18.7. The monoisotopic (exact) mass is 594 g/mol. The standard InChI is InChI=1S/C26H59ClN10OS/c1-25(39-5)24-26(38)36(12-8-30)21-18-34(11-7-29)16-17-35(15-14-32(3)4)20-23-37(27)22-19-33(10-6-28)13-9-31-2/h31H,1,6-24,28-30H2,2-5H3. The van der Waals surface area contributed by atoms with E-state index in [-0.39, 0.29) is 5.91 Å². The van der Waals surface area contributed by atoms with Gasteiger partial charge in [0.25, 0.3) is 0 Å². The maximum Gasteiger partial charge on any atom is 0.227 e. The molecule has 0 spiro atoms. The smallest absolute Gasteiger partial charge is 0.227 e. The van der Waals surface area contributed by atoms with Gasteiger partial charge in [-0.2, -0.15) is 0 Å². The number of likely N-dealkylation sites (N-methyl/N-ethyl adjacent to an activating group) is 2. The molecule has 11 nitrogen and oxygen atoms in total. The van der Waals surface area contributed by atoms with Gasteiger partial charge in [0.2, 0.25) is 5.91 Å². The van der Waals surface area contributed by atoms with Crippen LogP contribution in [0.1, 0.15) is 6.42 Å². The summed E-state index contributed by atoms with van der Waals surface area (Å²) in [4.78, 5) is 24.8. The highest BCUT2D eigenvalue weighted by Crippen LogP contribution is 2.14. The molecule has 0 aliphatic heterocycles. The number of thioether (sulfide) groups is 1. The Hall–Kier alpha value is -0.510. The van der Waals surface area contributed by atoms with Crippen LogP contribution in [0.25, 0.3) is 0 Å². The van der Waals surface area contributed by atoms with Crippen molar-refractivity contribution in [2.45, 2.75) is 6.42 Å². The number of hydrogen-bond acceptors (Lipinski definition) is 11. The molecule has 0 fully saturated rings. The second-order valence-corrected chi connectivity index (χ2v) is 11.5. The molecule has 232 valence electrons. The molecule has 0 aliphatic carbocycles. The molecule has 0 atom stereocenters. The maximum absolute atomic E-state index is 12.7. The minimum Gasteiger partial charge on any atom is -0.340 e. The number of nitrogens with two attached hydrogens (primary N) is 3. The van der Waals surface area contributed by atoms with Crippen molar-refractivity contribution in [2.75, 3.05) is 145 Å². The third kappa shape index (κ3) is 20.9. The van der Waals surface area contributed by atoms with Crippen LogP contribution < -0.4 is 22.5 Å². The van der Waals surface area contributed by atoms with Gasteiger partial charge in [-0.05, 0) is 44.1 Å². The van der Waals surface area contributed by atoms with Gasteiger partial charge in [0, 0.05) is 118 Å². The predicted molar refractivity (Wildman–Crippen MR) is 170 cm³/mol. The van der Waals surface area contributed by atoms with Crippen LogP contribution >= 0.6 is 23.5 Å². The minimum atomic E-state index is 0.0818. The molecule has 39 heavy (non-hydrogen) atoms. The Kier molecular flexibility index (Phi) is 24.9. The normalized spacial score (nSPS) is 12.0. The molecule has 0 saturated heterocycles. The summed E-state index contributed by atoms with van der Waals surface area (Å²) in [5.74, 6) is 0.0818. The lowest BCUT2D eigenvalue weighted by Gasteiger charge is -2.31. The molecule has 0 heterocycles. The van der Waals surface area contributed by atoms with Crippen LogP contribution in [0, 0.1) is 0 Å². The van der Waals surface area contributed by atoms with Gasteiger partial charge in [-0.25, -0.2) is 4.42 Å². The summed E-state index contributed by atoms with van der Waals surface area (Å²) < 4.78 is 1.89. The summed E-state index contributed by atoms with van der Waals surface area (Å²) in [5, 5.41) is 3.20. The summed E-state index contributed by atoms with van der Waals surface area (Å²) in [6.45, 7) is 18.2. The number of carbonyl (C=O) groups excluding carboxylic acids is 1. The Morgan fingerprint density at radius 3 is 1.69 bits per heavy atom. The van der Waals surface area contributed by atoms with Crippen LogP contribution in [0.4, 0.5) is 0 Å². The van der Waals surface area contributed by atoms with Crippen LogP contribution in [-0.4, -0.2) is 180 Å². The lowest BCUT2D eigenvalue weighted by Crippen LogP contribution is -2.46. The average molecular weight is 595 g/mol. The van der Waals surface area contributed by atoms with E-state index in [2.05, 4.69) is 45.6 Å². The van der Waals surface area contributed by atoms with Crippen LogP contribution in [0.3, 0.4) is 0 Å². The fourth-order valence-corrected chi connectivity index (χ4v) is 4.43. The summed E-state index contributed by atoms with van der Waals surface area (Å²) in [7, 11) is 6.16. The molecular weight excluding hydrogens is 536 g/mol. The van der Waals surface area contributed by atoms with Gasteiger partial charge in [0.1, 0.15) is 0 Å². The molecule has 0 rings (SSSR count). The summed E-state index contributed by atoms with van der Waals surface area (Å²) in [5.41, 5.74) is 17.5. The zero-order valence-corrected chi connectivity index (χ0v) is 26.8. The summed E-state index contributed by atoms with van der Waals surface area (Å²) in [6, 6.07) is 0. The fraction of sp³-hybridized carbons (Fsp3) is 0.885. The van der Waals surface area contributed by atoms with Crippen molar-refractivity contribution in [1.29, 1.82) is 0 Å². The SMILES string of the molecule is C=C(CC(=O)N(CCN)CCN(CCN)CCN(CCN(C)C)CCN(Cl)CCN(CCN)CCNC)SC. The highest BCUT2D eigenvalue weighted by atomic mass is 35.5. The Labute approximate surface area is 248 Å². The number of carbonyl (C=O) groups is 1. The highest BCUT2D eigenvalue weighted by molar-refractivity contribution is 8.02. The van der Waals surface area contributed by atoms with Crippen LogP contribution in [0.15, 0.2) is 11.5 Å². The number of hydrogen-bond donors (Lipinski definition) is 4. The third-order valence-electron chi connectivity index (χ3n) is 6.56. The molecule has 0 aromatic rings. The molecule has 7 N–H and O–H groups in total. The molecule has 0 aromatic carbocycles. The molecule has 0 unspecified atom stereocenters. The lowest BCUT2D eigenvalue weighted by atomic mass is 10.3. The molecule has 1 amide bonds. The quantitative estimate of drug-likeness (QED) is 0.0884. The first-order valence-electron chi connectivity index (χ1n) is 14.2. The van der Waals surface area contributed by atoms with Crippen molar-refractivity contribution in [3.05, 3.63) is 11.5 Å². The Balaban J connectivity index is 4.92. The minimum absolute atomic E-state index is 0.0818. The largest absolute Gasteiger partial charge is 0.340 e.